The molecule has 27 heavy (non-hydrogen) atoms. The molecule has 2 aromatic rings. The molecule has 1 saturated heterocycles. The summed E-state index contributed by atoms with van der Waals surface area (Å²) >= 11 is 0. The number of nitrogens with zero attached hydrogens (tertiary/aromatic N) is 2. The highest BCUT2D eigenvalue weighted by molar-refractivity contribution is 5.93. The fourth-order valence-corrected chi connectivity index (χ4v) is 4.12. The Morgan fingerprint density at radius 2 is 2.19 bits per heavy atom. The van der Waals surface area contributed by atoms with Crippen LogP contribution in [0.25, 0.3) is 11.0 Å². The molecule has 2 fully saturated rings. The van der Waals surface area contributed by atoms with E-state index in [2.05, 4.69) is 20.2 Å². The van der Waals surface area contributed by atoms with Crippen molar-refractivity contribution in [1.29, 1.82) is 0 Å². The van der Waals surface area contributed by atoms with E-state index in [1.165, 1.54) is 0 Å². The molecule has 1 aromatic carbocycles. The molecule has 4 rings (SSSR count). The number of carbonyl (C=O) groups is 1. The molecular weight excluding hydrogens is 342 g/mol. The quantitative estimate of drug-likeness (QED) is 0.721. The van der Waals surface area contributed by atoms with Gasteiger partial charge in [0.2, 0.25) is 5.91 Å². The number of rotatable bonds is 6. The third kappa shape index (κ3) is 4.66. The van der Waals surface area contributed by atoms with Crippen LogP contribution < -0.4 is 11.1 Å². The second-order valence-electron chi connectivity index (χ2n) is 7.73. The number of imidazole rings is 1. The van der Waals surface area contributed by atoms with Crippen molar-refractivity contribution < 1.29 is 9.53 Å². The van der Waals surface area contributed by atoms with Crippen LogP contribution in [0.5, 0.6) is 0 Å². The minimum Gasteiger partial charge on any atom is -0.379 e. The summed E-state index contributed by atoms with van der Waals surface area (Å²) in [6.45, 7) is 4.58. The highest BCUT2D eigenvalue weighted by atomic mass is 16.5. The molecule has 7 nitrogen and oxygen atoms in total. The average Bonchev–Trinajstić information content (AvgIpc) is 3.26. The maximum absolute atomic E-state index is 12.3. The van der Waals surface area contributed by atoms with Gasteiger partial charge in [-0.3, -0.25) is 9.69 Å². The molecular formula is C20H29N5O2. The number of morpholine rings is 1. The average molecular weight is 371 g/mol. The first kappa shape index (κ1) is 18.4. The summed E-state index contributed by atoms with van der Waals surface area (Å²) in [5.41, 5.74) is 8.78. The molecule has 146 valence electrons. The number of ether oxygens (including phenoxy) is 1. The Hall–Kier alpha value is -1.96. The van der Waals surface area contributed by atoms with Crippen molar-refractivity contribution in [1.82, 2.24) is 14.9 Å². The number of amides is 1. The first-order valence-electron chi connectivity index (χ1n) is 10.0. The van der Waals surface area contributed by atoms with E-state index >= 15 is 0 Å². The summed E-state index contributed by atoms with van der Waals surface area (Å²) in [5, 5.41) is 3.01. The van der Waals surface area contributed by atoms with Crippen LogP contribution >= 0.6 is 0 Å². The number of carbonyl (C=O) groups excluding carboxylic acids is 1. The van der Waals surface area contributed by atoms with Crippen LogP contribution in [0.15, 0.2) is 18.2 Å². The first-order valence-corrected chi connectivity index (χ1v) is 10.0. The Bertz CT molecular complexity index is 784. The molecule has 0 unspecified atom stereocenters. The number of nitrogens with two attached hydrogens (primary N) is 1. The Kier molecular flexibility index (Phi) is 5.71. The minimum absolute atomic E-state index is 0.0451. The zero-order chi connectivity index (χ0) is 18.6. The summed E-state index contributed by atoms with van der Waals surface area (Å²) in [5.74, 6) is 1.34. The van der Waals surface area contributed by atoms with Crippen LogP contribution in [0.4, 0.5) is 5.69 Å². The van der Waals surface area contributed by atoms with Gasteiger partial charge in [0.25, 0.3) is 0 Å². The number of benzene rings is 1. The van der Waals surface area contributed by atoms with E-state index in [4.69, 9.17) is 10.5 Å². The smallest absolute Gasteiger partial charge is 0.224 e. The number of H-pyrrole nitrogens is 1. The van der Waals surface area contributed by atoms with Gasteiger partial charge in [0, 0.05) is 44.2 Å². The lowest BCUT2D eigenvalue weighted by molar-refractivity contribution is -0.117. The molecule has 2 heterocycles. The van der Waals surface area contributed by atoms with Gasteiger partial charge < -0.3 is 20.8 Å². The topological polar surface area (TPSA) is 96.3 Å². The van der Waals surface area contributed by atoms with Gasteiger partial charge in [-0.2, -0.15) is 0 Å². The van der Waals surface area contributed by atoms with Crippen molar-refractivity contribution in [3.8, 4) is 0 Å². The van der Waals surface area contributed by atoms with Gasteiger partial charge in [-0.15, -0.1) is 0 Å². The lowest BCUT2D eigenvalue weighted by atomic mass is 10.00. The molecule has 2 aliphatic rings. The van der Waals surface area contributed by atoms with E-state index in [1.54, 1.807) is 0 Å². The van der Waals surface area contributed by atoms with Crippen molar-refractivity contribution in [2.75, 3.05) is 38.2 Å². The maximum atomic E-state index is 12.3. The van der Waals surface area contributed by atoms with Gasteiger partial charge in [0.05, 0.1) is 24.2 Å². The number of nitrogens with one attached hydrogen (secondary N) is 2. The standard InChI is InChI=1S/C20H29N5O2/c21-16-3-1-2-14(16)12-20(26)22-15-4-5-17-18(13-15)24-19(23-17)6-7-25-8-10-27-11-9-25/h4-5,13-14,16H,1-3,6-12,21H2,(H,22,26)(H,23,24)/t14-,16+/m0/s1. The zero-order valence-corrected chi connectivity index (χ0v) is 15.7. The lowest BCUT2D eigenvalue weighted by Gasteiger charge is -2.25. The molecule has 1 amide bonds. The summed E-state index contributed by atoms with van der Waals surface area (Å²) < 4.78 is 5.39. The molecule has 4 N–H and O–H groups in total. The fraction of sp³-hybridized carbons (Fsp3) is 0.600. The Morgan fingerprint density at radius 3 is 2.96 bits per heavy atom. The van der Waals surface area contributed by atoms with Crippen LogP contribution in [0.2, 0.25) is 0 Å². The highest BCUT2D eigenvalue weighted by Crippen LogP contribution is 2.27. The summed E-state index contributed by atoms with van der Waals surface area (Å²) in [7, 11) is 0. The first-order chi connectivity index (χ1) is 13.2. The van der Waals surface area contributed by atoms with Crippen molar-refractivity contribution in [3.63, 3.8) is 0 Å². The molecule has 0 radical (unpaired) electrons. The van der Waals surface area contributed by atoms with Crippen molar-refractivity contribution in [3.05, 3.63) is 24.0 Å². The van der Waals surface area contributed by atoms with E-state index in [1.807, 2.05) is 18.2 Å². The van der Waals surface area contributed by atoms with E-state index in [0.717, 1.165) is 81.1 Å². The molecule has 0 spiro atoms. The number of aromatic nitrogens is 2. The van der Waals surface area contributed by atoms with Crippen molar-refractivity contribution in [2.45, 2.75) is 38.1 Å². The molecule has 0 bridgehead atoms. The zero-order valence-electron chi connectivity index (χ0n) is 15.7. The molecule has 1 aromatic heterocycles. The third-order valence-electron chi connectivity index (χ3n) is 5.75. The summed E-state index contributed by atoms with van der Waals surface area (Å²) in [6.07, 6.45) is 4.61. The molecule has 7 heteroatoms. The number of hydrogen-bond acceptors (Lipinski definition) is 5. The van der Waals surface area contributed by atoms with Crippen LogP contribution in [0.1, 0.15) is 31.5 Å². The Morgan fingerprint density at radius 1 is 1.33 bits per heavy atom. The number of aromatic amines is 1. The van der Waals surface area contributed by atoms with E-state index in [-0.39, 0.29) is 11.9 Å². The number of fused-ring (bicyclic) bond motifs is 1. The predicted octanol–water partition coefficient (Wildman–Crippen LogP) is 1.89. The lowest BCUT2D eigenvalue weighted by Crippen LogP contribution is -2.37. The second-order valence-corrected chi connectivity index (χ2v) is 7.73. The van der Waals surface area contributed by atoms with Gasteiger partial charge in [-0.25, -0.2) is 4.98 Å². The molecule has 1 saturated carbocycles. The molecule has 2 atom stereocenters. The van der Waals surface area contributed by atoms with E-state index in [9.17, 15) is 4.79 Å². The molecule has 1 aliphatic heterocycles. The van der Waals surface area contributed by atoms with Gasteiger partial charge >= 0.3 is 0 Å². The third-order valence-corrected chi connectivity index (χ3v) is 5.75. The van der Waals surface area contributed by atoms with Crippen molar-refractivity contribution >= 4 is 22.6 Å². The van der Waals surface area contributed by atoms with Crippen molar-refractivity contribution in [2.24, 2.45) is 11.7 Å². The fourth-order valence-electron chi connectivity index (χ4n) is 4.12. The van der Waals surface area contributed by atoms with Gasteiger partial charge in [0.1, 0.15) is 5.82 Å². The largest absolute Gasteiger partial charge is 0.379 e. The van der Waals surface area contributed by atoms with E-state index in [0.29, 0.717) is 12.3 Å². The predicted molar refractivity (Wildman–Crippen MR) is 106 cm³/mol. The van der Waals surface area contributed by atoms with Crippen LogP contribution in [0.3, 0.4) is 0 Å². The highest BCUT2D eigenvalue weighted by Gasteiger charge is 2.26. The SMILES string of the molecule is N[C@@H]1CCC[C@H]1CC(=O)Nc1ccc2nc(CCN3CCOCC3)[nH]c2c1. The minimum atomic E-state index is 0.0451. The van der Waals surface area contributed by atoms with Crippen LogP contribution in [-0.4, -0.2) is 59.7 Å². The Labute approximate surface area is 159 Å². The Balaban J connectivity index is 1.34. The monoisotopic (exact) mass is 371 g/mol. The van der Waals surface area contributed by atoms with Gasteiger partial charge in [-0.05, 0) is 37.0 Å². The maximum Gasteiger partial charge on any atom is 0.224 e. The van der Waals surface area contributed by atoms with Crippen LogP contribution in [0, 0.1) is 5.92 Å². The summed E-state index contributed by atoms with van der Waals surface area (Å²) in [6, 6.07) is 6.01. The van der Waals surface area contributed by atoms with Crippen LogP contribution in [-0.2, 0) is 16.0 Å². The van der Waals surface area contributed by atoms with Gasteiger partial charge in [-0.1, -0.05) is 6.42 Å². The molecule has 1 aliphatic carbocycles. The summed E-state index contributed by atoms with van der Waals surface area (Å²) in [4.78, 5) is 22.8. The second kappa shape index (κ2) is 8.37. The van der Waals surface area contributed by atoms with Gasteiger partial charge in [0.15, 0.2) is 0 Å². The number of anilines is 1. The van der Waals surface area contributed by atoms with E-state index < -0.39 is 0 Å². The normalized spacial score (nSPS) is 23.7. The number of hydrogen-bond donors (Lipinski definition) is 3.